The number of methoxy groups -OCH3 is 1. The highest BCUT2D eigenvalue weighted by atomic mass is 16.6. The van der Waals surface area contributed by atoms with E-state index in [0.29, 0.717) is 22.8 Å². The zero-order chi connectivity index (χ0) is 19.9. The summed E-state index contributed by atoms with van der Waals surface area (Å²) in [5.41, 5.74) is 0.428. The smallest absolute Gasteiger partial charge is 0.374 e. The van der Waals surface area contributed by atoms with Crippen molar-refractivity contribution in [3.8, 4) is 11.5 Å². The number of hydrogen-bond donors (Lipinski definition) is 0. The fourth-order valence-corrected chi connectivity index (χ4v) is 2.50. The second-order valence-corrected chi connectivity index (χ2v) is 6.01. The molecule has 1 aromatic heterocycles. The number of benzene rings is 2. The lowest BCUT2D eigenvalue weighted by atomic mass is 10.1. The first-order valence-electron chi connectivity index (χ1n) is 8.72. The number of esters is 1. The Hall–Kier alpha value is -3.54. The maximum Gasteiger partial charge on any atom is 0.374 e. The summed E-state index contributed by atoms with van der Waals surface area (Å²) in [6, 6.07) is 19.0. The molecule has 0 spiro atoms. The predicted octanol–water partition coefficient (Wildman–Crippen LogP) is 4.30. The Morgan fingerprint density at radius 3 is 2.32 bits per heavy atom. The van der Waals surface area contributed by atoms with E-state index in [1.165, 1.54) is 13.0 Å². The summed E-state index contributed by atoms with van der Waals surface area (Å²) in [7, 11) is 1.55. The van der Waals surface area contributed by atoms with E-state index in [4.69, 9.17) is 18.6 Å². The fraction of sp³-hybridized carbons (Fsp3) is 0.182. The van der Waals surface area contributed by atoms with E-state index in [1.54, 1.807) is 37.4 Å². The molecule has 0 aliphatic heterocycles. The van der Waals surface area contributed by atoms with Crippen LogP contribution in [-0.2, 0) is 11.3 Å². The van der Waals surface area contributed by atoms with Gasteiger partial charge in [-0.1, -0.05) is 18.2 Å². The van der Waals surface area contributed by atoms with E-state index >= 15 is 0 Å². The van der Waals surface area contributed by atoms with Gasteiger partial charge in [0.05, 0.1) is 7.11 Å². The van der Waals surface area contributed by atoms with Gasteiger partial charge in [-0.2, -0.15) is 0 Å². The summed E-state index contributed by atoms with van der Waals surface area (Å²) in [6.07, 6.45) is -0.949. The number of carbonyl (C=O) groups is 2. The lowest BCUT2D eigenvalue weighted by Crippen LogP contribution is -2.24. The van der Waals surface area contributed by atoms with Gasteiger partial charge in [-0.05, 0) is 55.5 Å². The highest BCUT2D eigenvalue weighted by Crippen LogP contribution is 2.17. The van der Waals surface area contributed by atoms with Gasteiger partial charge < -0.3 is 18.6 Å². The number of para-hydroxylation sites is 1. The van der Waals surface area contributed by atoms with Gasteiger partial charge in [0, 0.05) is 5.56 Å². The Kier molecular flexibility index (Phi) is 6.11. The molecule has 2 aromatic carbocycles. The normalized spacial score (nSPS) is 11.5. The third kappa shape index (κ3) is 4.79. The molecule has 0 aliphatic carbocycles. The van der Waals surface area contributed by atoms with Crippen LogP contribution in [0.3, 0.4) is 0 Å². The molecule has 3 aromatic rings. The Bertz CT molecular complexity index is 927. The summed E-state index contributed by atoms with van der Waals surface area (Å²) in [5.74, 6) is 0.810. The molecule has 1 unspecified atom stereocenters. The molecule has 6 heteroatoms. The highest BCUT2D eigenvalue weighted by Gasteiger charge is 2.22. The molecule has 0 N–H and O–H groups in total. The van der Waals surface area contributed by atoms with Crippen LogP contribution in [0.5, 0.6) is 11.5 Å². The zero-order valence-electron chi connectivity index (χ0n) is 15.6. The molecule has 1 atom stereocenters. The van der Waals surface area contributed by atoms with Gasteiger partial charge in [-0.15, -0.1) is 0 Å². The quantitative estimate of drug-likeness (QED) is 0.429. The van der Waals surface area contributed by atoms with Gasteiger partial charge in [-0.25, -0.2) is 4.79 Å². The van der Waals surface area contributed by atoms with Gasteiger partial charge >= 0.3 is 5.97 Å². The molecule has 144 valence electrons. The number of Topliss-reactive ketones (excluding diaryl/α,β-unsaturated/α-hetero) is 1. The van der Waals surface area contributed by atoms with Crippen molar-refractivity contribution in [3.05, 3.63) is 83.8 Å². The van der Waals surface area contributed by atoms with Crippen molar-refractivity contribution in [2.24, 2.45) is 0 Å². The van der Waals surface area contributed by atoms with Gasteiger partial charge in [0.2, 0.25) is 11.5 Å². The Labute approximate surface area is 162 Å². The van der Waals surface area contributed by atoms with Crippen LogP contribution in [0.15, 0.2) is 71.1 Å². The van der Waals surface area contributed by atoms with E-state index in [2.05, 4.69) is 0 Å². The first kappa shape index (κ1) is 19.2. The van der Waals surface area contributed by atoms with Gasteiger partial charge in [0.25, 0.3) is 0 Å². The van der Waals surface area contributed by atoms with Crippen LogP contribution >= 0.6 is 0 Å². The lowest BCUT2D eigenvalue weighted by Gasteiger charge is -2.11. The first-order valence-corrected chi connectivity index (χ1v) is 8.72. The molecule has 3 rings (SSSR count). The number of rotatable bonds is 8. The molecule has 0 saturated carbocycles. The third-order valence-corrected chi connectivity index (χ3v) is 4.01. The lowest BCUT2D eigenvalue weighted by molar-refractivity contribution is 0.0286. The summed E-state index contributed by atoms with van der Waals surface area (Å²) >= 11 is 0. The van der Waals surface area contributed by atoms with Crippen LogP contribution < -0.4 is 9.47 Å². The number of furan rings is 1. The van der Waals surface area contributed by atoms with Crippen molar-refractivity contribution < 1.29 is 28.2 Å². The summed E-state index contributed by atoms with van der Waals surface area (Å²) in [6.45, 7) is 1.70. The minimum atomic E-state index is -0.949. The Balaban J connectivity index is 1.56. The van der Waals surface area contributed by atoms with E-state index in [-0.39, 0.29) is 18.2 Å². The standard InChI is InChI=1S/C22H20O6/c1-15(21(23)16-8-10-17(25-2)11-9-16)27-22(24)20-13-12-19(28-20)14-26-18-6-4-3-5-7-18/h3-13,15H,14H2,1-2H3. The zero-order valence-corrected chi connectivity index (χ0v) is 15.6. The van der Waals surface area contributed by atoms with Crippen molar-refractivity contribution in [2.45, 2.75) is 19.6 Å². The SMILES string of the molecule is COc1ccc(C(=O)C(C)OC(=O)c2ccc(COc3ccccc3)o2)cc1. The van der Waals surface area contributed by atoms with Crippen molar-refractivity contribution in [1.29, 1.82) is 0 Å². The van der Waals surface area contributed by atoms with E-state index < -0.39 is 12.1 Å². The molecule has 28 heavy (non-hydrogen) atoms. The number of ether oxygens (including phenoxy) is 3. The van der Waals surface area contributed by atoms with E-state index in [1.807, 2.05) is 30.3 Å². The average molecular weight is 380 g/mol. The molecular weight excluding hydrogens is 360 g/mol. The minimum Gasteiger partial charge on any atom is -0.497 e. The highest BCUT2D eigenvalue weighted by molar-refractivity contribution is 6.01. The molecule has 0 radical (unpaired) electrons. The third-order valence-electron chi connectivity index (χ3n) is 4.01. The van der Waals surface area contributed by atoms with Crippen molar-refractivity contribution in [3.63, 3.8) is 0 Å². The van der Waals surface area contributed by atoms with Crippen LogP contribution in [0.2, 0.25) is 0 Å². The van der Waals surface area contributed by atoms with Crippen LogP contribution in [0.4, 0.5) is 0 Å². The van der Waals surface area contributed by atoms with Gasteiger partial charge in [-0.3, -0.25) is 4.79 Å². The van der Waals surface area contributed by atoms with Gasteiger partial charge in [0.15, 0.2) is 6.10 Å². The summed E-state index contributed by atoms with van der Waals surface area (Å²) in [5, 5.41) is 0. The first-order chi connectivity index (χ1) is 13.6. The molecule has 0 saturated heterocycles. The van der Waals surface area contributed by atoms with Crippen molar-refractivity contribution in [1.82, 2.24) is 0 Å². The predicted molar refractivity (Wildman–Crippen MR) is 102 cm³/mol. The maximum atomic E-state index is 12.4. The molecule has 0 aliphatic rings. The monoisotopic (exact) mass is 380 g/mol. The second-order valence-electron chi connectivity index (χ2n) is 6.01. The van der Waals surface area contributed by atoms with Gasteiger partial charge in [0.1, 0.15) is 23.9 Å². The molecule has 1 heterocycles. The minimum absolute atomic E-state index is 0.0149. The summed E-state index contributed by atoms with van der Waals surface area (Å²) in [4.78, 5) is 24.7. The van der Waals surface area contributed by atoms with Crippen molar-refractivity contribution in [2.75, 3.05) is 7.11 Å². The van der Waals surface area contributed by atoms with Crippen molar-refractivity contribution >= 4 is 11.8 Å². The maximum absolute atomic E-state index is 12.4. The molecule has 6 nitrogen and oxygen atoms in total. The van der Waals surface area contributed by atoms with Crippen LogP contribution in [0, 0.1) is 0 Å². The topological polar surface area (TPSA) is 75.0 Å². The Morgan fingerprint density at radius 2 is 1.64 bits per heavy atom. The number of carbonyl (C=O) groups excluding carboxylic acids is 2. The molecule has 0 fully saturated rings. The van der Waals surface area contributed by atoms with E-state index in [9.17, 15) is 9.59 Å². The Morgan fingerprint density at radius 1 is 0.929 bits per heavy atom. The molecule has 0 bridgehead atoms. The second kappa shape index (κ2) is 8.90. The molecule has 0 amide bonds. The summed E-state index contributed by atoms with van der Waals surface area (Å²) < 4.78 is 21.3. The average Bonchev–Trinajstić information content (AvgIpc) is 3.22. The largest absolute Gasteiger partial charge is 0.497 e. The van der Waals surface area contributed by atoms with Crippen LogP contribution in [0.1, 0.15) is 33.6 Å². The van der Waals surface area contributed by atoms with Crippen LogP contribution in [0.25, 0.3) is 0 Å². The number of hydrogen-bond acceptors (Lipinski definition) is 6. The molecular formula is C22H20O6. The fourth-order valence-electron chi connectivity index (χ4n) is 2.50. The van der Waals surface area contributed by atoms with Crippen LogP contribution in [-0.4, -0.2) is 25.0 Å². The number of ketones is 1. The van der Waals surface area contributed by atoms with E-state index in [0.717, 1.165) is 0 Å².